The topological polar surface area (TPSA) is 82.8 Å². The van der Waals surface area contributed by atoms with Crippen LogP contribution >= 0.6 is 0 Å². The van der Waals surface area contributed by atoms with E-state index in [0.29, 0.717) is 18.7 Å². The van der Waals surface area contributed by atoms with Crippen molar-refractivity contribution >= 4 is 11.8 Å². The third-order valence-corrected chi connectivity index (χ3v) is 3.62. The van der Waals surface area contributed by atoms with Gasteiger partial charge in [0.15, 0.2) is 5.76 Å². The first kappa shape index (κ1) is 17.6. The largest absolute Gasteiger partial charge is 0.508 e. The third-order valence-electron chi connectivity index (χ3n) is 3.62. The van der Waals surface area contributed by atoms with Crippen molar-refractivity contribution in [2.75, 3.05) is 6.54 Å². The molecule has 0 unspecified atom stereocenters. The lowest BCUT2D eigenvalue weighted by atomic mass is 10.1. The highest BCUT2D eigenvalue weighted by Crippen LogP contribution is 2.18. The molecule has 2 amide bonds. The molecule has 0 radical (unpaired) electrons. The van der Waals surface area contributed by atoms with E-state index in [1.807, 2.05) is 13.0 Å². The normalized spacial score (nSPS) is 11.8. The zero-order valence-electron chi connectivity index (χ0n) is 13.9. The first-order valence-electron chi connectivity index (χ1n) is 7.93. The monoisotopic (exact) mass is 330 g/mol. The molecule has 1 aromatic carbocycles. The number of nitrogens with one attached hydrogen (secondary N) is 1. The van der Waals surface area contributed by atoms with E-state index in [1.165, 1.54) is 6.26 Å². The predicted molar refractivity (Wildman–Crippen MR) is 89.5 cm³/mol. The fourth-order valence-corrected chi connectivity index (χ4v) is 2.40. The molecule has 0 fully saturated rings. The Labute approximate surface area is 141 Å². The van der Waals surface area contributed by atoms with Crippen LogP contribution in [-0.4, -0.2) is 34.4 Å². The number of furan rings is 1. The van der Waals surface area contributed by atoms with E-state index in [2.05, 4.69) is 5.32 Å². The van der Waals surface area contributed by atoms with Crippen LogP contribution in [0.1, 0.15) is 36.4 Å². The van der Waals surface area contributed by atoms with Gasteiger partial charge in [-0.3, -0.25) is 9.59 Å². The molecule has 24 heavy (non-hydrogen) atoms. The quantitative estimate of drug-likeness (QED) is 0.817. The summed E-state index contributed by atoms with van der Waals surface area (Å²) in [6, 6.07) is 9.37. The summed E-state index contributed by atoms with van der Waals surface area (Å²) in [5.41, 5.74) is 0.670. The van der Waals surface area contributed by atoms with Gasteiger partial charge in [0.05, 0.1) is 6.26 Å². The van der Waals surface area contributed by atoms with E-state index < -0.39 is 11.9 Å². The maximum absolute atomic E-state index is 12.7. The molecular formula is C18H22N2O4. The van der Waals surface area contributed by atoms with Crippen molar-refractivity contribution in [3.63, 3.8) is 0 Å². The maximum Gasteiger partial charge on any atom is 0.287 e. The Morgan fingerprint density at radius 2 is 2.00 bits per heavy atom. The number of carbonyl (C=O) groups excluding carboxylic acids is 2. The van der Waals surface area contributed by atoms with Crippen LogP contribution in [0.15, 0.2) is 47.1 Å². The molecule has 1 atom stereocenters. The minimum absolute atomic E-state index is 0.152. The molecule has 1 heterocycles. The van der Waals surface area contributed by atoms with Crippen LogP contribution in [0.3, 0.4) is 0 Å². The summed E-state index contributed by atoms with van der Waals surface area (Å²) in [4.78, 5) is 26.3. The fraction of sp³-hybridized carbons (Fsp3) is 0.333. The lowest BCUT2D eigenvalue weighted by Crippen LogP contribution is -2.46. The highest BCUT2D eigenvalue weighted by Gasteiger charge is 2.23. The molecule has 0 saturated carbocycles. The highest BCUT2D eigenvalue weighted by atomic mass is 16.3. The van der Waals surface area contributed by atoms with Crippen molar-refractivity contribution < 1.29 is 19.1 Å². The van der Waals surface area contributed by atoms with Gasteiger partial charge in [-0.2, -0.15) is 0 Å². The van der Waals surface area contributed by atoms with Gasteiger partial charge in [0.1, 0.15) is 11.8 Å². The Hall–Kier alpha value is -2.76. The molecular weight excluding hydrogens is 308 g/mol. The number of nitrogens with zero attached hydrogens (tertiary/aromatic N) is 1. The van der Waals surface area contributed by atoms with Gasteiger partial charge < -0.3 is 19.7 Å². The van der Waals surface area contributed by atoms with Gasteiger partial charge in [-0.25, -0.2) is 0 Å². The Morgan fingerprint density at radius 3 is 2.62 bits per heavy atom. The average molecular weight is 330 g/mol. The second-order valence-corrected chi connectivity index (χ2v) is 5.56. The van der Waals surface area contributed by atoms with E-state index in [4.69, 9.17) is 4.42 Å². The van der Waals surface area contributed by atoms with Crippen LogP contribution in [0.25, 0.3) is 0 Å². The molecule has 1 aromatic heterocycles. The molecule has 0 saturated heterocycles. The van der Waals surface area contributed by atoms with Crippen molar-refractivity contribution in [3.05, 3.63) is 54.0 Å². The Bertz CT molecular complexity index is 682. The lowest BCUT2D eigenvalue weighted by molar-refractivity contribution is -0.133. The first-order valence-corrected chi connectivity index (χ1v) is 7.93. The minimum Gasteiger partial charge on any atom is -0.508 e. The van der Waals surface area contributed by atoms with Gasteiger partial charge in [-0.15, -0.1) is 0 Å². The molecule has 0 bridgehead atoms. The summed E-state index contributed by atoms with van der Waals surface area (Å²) >= 11 is 0. The number of phenols is 1. The third kappa shape index (κ3) is 4.38. The number of rotatable bonds is 7. The van der Waals surface area contributed by atoms with Gasteiger partial charge >= 0.3 is 0 Å². The Morgan fingerprint density at radius 1 is 1.25 bits per heavy atom. The highest BCUT2D eigenvalue weighted by molar-refractivity contribution is 5.95. The van der Waals surface area contributed by atoms with Crippen LogP contribution in [0.4, 0.5) is 0 Å². The summed E-state index contributed by atoms with van der Waals surface area (Å²) in [5.74, 6) is -0.323. The summed E-state index contributed by atoms with van der Waals surface area (Å²) in [5, 5.41) is 12.5. The predicted octanol–water partition coefficient (Wildman–Crippen LogP) is 2.54. The first-order chi connectivity index (χ1) is 11.5. The van der Waals surface area contributed by atoms with Crippen molar-refractivity contribution in [1.82, 2.24) is 10.2 Å². The molecule has 2 aromatic rings. The second-order valence-electron chi connectivity index (χ2n) is 5.56. The molecule has 2 rings (SSSR count). The van der Waals surface area contributed by atoms with E-state index >= 15 is 0 Å². The van der Waals surface area contributed by atoms with Crippen LogP contribution in [-0.2, 0) is 11.3 Å². The zero-order chi connectivity index (χ0) is 17.5. The number of para-hydroxylation sites is 1. The smallest absolute Gasteiger partial charge is 0.287 e. The minimum atomic E-state index is -0.694. The van der Waals surface area contributed by atoms with Crippen molar-refractivity contribution in [3.8, 4) is 5.75 Å². The van der Waals surface area contributed by atoms with Crippen LogP contribution < -0.4 is 5.32 Å². The van der Waals surface area contributed by atoms with Crippen LogP contribution in [0.2, 0.25) is 0 Å². The van der Waals surface area contributed by atoms with Crippen molar-refractivity contribution in [2.45, 2.75) is 32.9 Å². The summed E-state index contributed by atoms with van der Waals surface area (Å²) in [6.45, 7) is 4.43. The molecule has 0 aliphatic rings. The van der Waals surface area contributed by atoms with Crippen molar-refractivity contribution in [1.29, 1.82) is 0 Å². The maximum atomic E-state index is 12.7. The van der Waals surface area contributed by atoms with Gasteiger partial charge in [0.2, 0.25) is 5.91 Å². The van der Waals surface area contributed by atoms with Crippen LogP contribution in [0.5, 0.6) is 5.75 Å². The van der Waals surface area contributed by atoms with Gasteiger partial charge in [0, 0.05) is 18.7 Å². The molecule has 0 aliphatic carbocycles. The number of hydrogen-bond donors (Lipinski definition) is 2. The molecule has 6 heteroatoms. The number of carbonyl (C=O) groups is 2. The summed E-state index contributed by atoms with van der Waals surface area (Å²) in [7, 11) is 0. The molecule has 2 N–H and O–H groups in total. The SMILES string of the molecule is CCCN(Cc1ccccc1O)C(=O)[C@H](C)NC(=O)c1ccco1. The van der Waals surface area contributed by atoms with Crippen LogP contribution in [0, 0.1) is 0 Å². The standard InChI is InChI=1S/C18H22N2O4/c1-3-10-20(12-14-7-4-5-8-15(14)21)18(23)13(2)19-17(22)16-9-6-11-24-16/h4-9,11,13,21H,3,10,12H2,1-2H3,(H,19,22)/t13-/m0/s1. The number of amides is 2. The number of phenolic OH excluding ortho intramolecular Hbond substituents is 1. The molecule has 0 aliphatic heterocycles. The van der Waals surface area contributed by atoms with Crippen molar-refractivity contribution in [2.24, 2.45) is 0 Å². The Balaban J connectivity index is 2.05. The van der Waals surface area contributed by atoms with E-state index in [-0.39, 0.29) is 17.4 Å². The fourth-order valence-electron chi connectivity index (χ4n) is 2.40. The van der Waals surface area contributed by atoms with E-state index in [9.17, 15) is 14.7 Å². The second kappa shape index (κ2) is 8.19. The lowest BCUT2D eigenvalue weighted by Gasteiger charge is -2.26. The number of hydrogen-bond acceptors (Lipinski definition) is 4. The van der Waals surface area contributed by atoms with Gasteiger partial charge in [0.25, 0.3) is 5.91 Å². The Kier molecular flexibility index (Phi) is 6.01. The van der Waals surface area contributed by atoms with Gasteiger partial charge in [-0.05, 0) is 31.5 Å². The number of benzene rings is 1. The molecule has 6 nitrogen and oxygen atoms in total. The van der Waals surface area contributed by atoms with E-state index in [1.54, 1.807) is 42.2 Å². The molecule has 128 valence electrons. The average Bonchev–Trinajstić information content (AvgIpc) is 3.10. The zero-order valence-corrected chi connectivity index (χ0v) is 13.9. The van der Waals surface area contributed by atoms with Gasteiger partial charge in [-0.1, -0.05) is 25.1 Å². The van der Waals surface area contributed by atoms with E-state index in [0.717, 1.165) is 6.42 Å². The number of aromatic hydroxyl groups is 1. The molecule has 0 spiro atoms. The summed E-state index contributed by atoms with van der Waals surface area (Å²) < 4.78 is 5.03. The summed E-state index contributed by atoms with van der Waals surface area (Å²) in [6.07, 6.45) is 2.18.